The number of thioether (sulfide) groups is 1. The first-order valence-corrected chi connectivity index (χ1v) is 11.1. The van der Waals surface area contributed by atoms with Gasteiger partial charge in [0.1, 0.15) is 28.2 Å². The molecule has 4 rings (SSSR count). The van der Waals surface area contributed by atoms with Gasteiger partial charge in [-0.3, -0.25) is 14.5 Å². The van der Waals surface area contributed by atoms with Crippen molar-refractivity contribution < 1.29 is 18.7 Å². The van der Waals surface area contributed by atoms with Crippen molar-refractivity contribution >= 4 is 29.3 Å². The summed E-state index contributed by atoms with van der Waals surface area (Å²) < 4.78 is 10.4. The molecule has 0 radical (unpaired) electrons. The van der Waals surface area contributed by atoms with E-state index in [4.69, 9.17) is 9.15 Å². The molecule has 0 saturated carbocycles. The number of amides is 2. The Balaban J connectivity index is 1.64. The molecule has 1 saturated heterocycles. The molecule has 1 aliphatic rings. The molecule has 8 heteroatoms. The average Bonchev–Trinajstić information content (AvgIpc) is 3.48. The van der Waals surface area contributed by atoms with Gasteiger partial charge in [-0.1, -0.05) is 42.1 Å². The molecule has 1 aliphatic heterocycles. The number of methoxy groups -OCH3 is 1. The lowest BCUT2D eigenvalue weighted by molar-refractivity contribution is -0.117. The van der Waals surface area contributed by atoms with Gasteiger partial charge in [0.05, 0.1) is 25.2 Å². The van der Waals surface area contributed by atoms with E-state index in [-0.39, 0.29) is 18.0 Å². The van der Waals surface area contributed by atoms with Gasteiger partial charge in [-0.25, -0.2) is 0 Å². The van der Waals surface area contributed by atoms with E-state index in [9.17, 15) is 14.9 Å². The van der Waals surface area contributed by atoms with Crippen LogP contribution in [0.1, 0.15) is 11.3 Å². The number of nitriles is 1. The molecule has 7 nitrogen and oxygen atoms in total. The summed E-state index contributed by atoms with van der Waals surface area (Å²) in [6.45, 7) is 0.142. The largest absolute Gasteiger partial charge is 0.497 e. The summed E-state index contributed by atoms with van der Waals surface area (Å²) in [6, 6.07) is 22.0. The van der Waals surface area contributed by atoms with E-state index >= 15 is 0 Å². The van der Waals surface area contributed by atoms with Crippen molar-refractivity contribution in [1.29, 1.82) is 5.26 Å². The predicted octanol–water partition coefficient (Wildman–Crippen LogP) is 4.03. The Morgan fingerprint density at radius 1 is 1.15 bits per heavy atom. The molecule has 2 amide bonds. The number of para-hydroxylation sites is 1. The maximum atomic E-state index is 13.4. The molecular weight excluding hydrogens is 438 g/mol. The Morgan fingerprint density at radius 3 is 2.55 bits per heavy atom. The maximum Gasteiger partial charge on any atom is 0.265 e. The Kier molecular flexibility index (Phi) is 6.81. The normalized spacial score (nSPS) is 16.9. The van der Waals surface area contributed by atoms with Gasteiger partial charge in [-0.15, -0.1) is 0 Å². The van der Waals surface area contributed by atoms with E-state index in [2.05, 4.69) is 5.32 Å². The van der Waals surface area contributed by atoms with Gasteiger partial charge in [0, 0.05) is 5.69 Å². The lowest BCUT2D eigenvalue weighted by Gasteiger charge is -2.18. The minimum Gasteiger partial charge on any atom is -0.497 e. The van der Waals surface area contributed by atoms with Crippen molar-refractivity contribution in [2.24, 2.45) is 0 Å². The van der Waals surface area contributed by atoms with Crippen LogP contribution in [0.3, 0.4) is 0 Å². The van der Waals surface area contributed by atoms with Crippen molar-refractivity contribution in [2.45, 2.75) is 18.2 Å². The van der Waals surface area contributed by atoms with Gasteiger partial charge in [0.25, 0.3) is 5.91 Å². The number of hydrogen-bond donors (Lipinski definition) is 1. The molecule has 33 heavy (non-hydrogen) atoms. The molecule has 1 atom stereocenters. The average molecular weight is 460 g/mol. The first-order chi connectivity index (χ1) is 16.1. The molecule has 1 N–H and O–H groups in total. The number of carbonyl (C=O) groups is 2. The fourth-order valence-electron chi connectivity index (χ4n) is 3.44. The summed E-state index contributed by atoms with van der Waals surface area (Å²) in [5, 5.41) is 12.4. The monoisotopic (exact) mass is 459 g/mol. The molecule has 1 unspecified atom stereocenters. The Morgan fingerprint density at radius 2 is 1.91 bits per heavy atom. The molecule has 1 fully saturated rings. The maximum absolute atomic E-state index is 13.4. The lowest BCUT2D eigenvalue weighted by atomic mass is 10.1. The highest BCUT2D eigenvalue weighted by molar-refractivity contribution is 8.05. The lowest BCUT2D eigenvalue weighted by Crippen LogP contribution is -2.32. The summed E-state index contributed by atoms with van der Waals surface area (Å²) in [5.74, 6) is 0.563. The molecule has 3 aromatic rings. The third-order valence-corrected chi connectivity index (χ3v) is 6.37. The van der Waals surface area contributed by atoms with Crippen LogP contribution in [-0.4, -0.2) is 24.2 Å². The SMILES string of the molecule is COc1ccc(CC2SC(=C(C#N)C(=O)NCc3ccco3)N(c3ccccc3)C2=O)cc1. The van der Waals surface area contributed by atoms with Crippen LogP contribution in [-0.2, 0) is 22.6 Å². The summed E-state index contributed by atoms with van der Waals surface area (Å²) in [6.07, 6.45) is 1.96. The summed E-state index contributed by atoms with van der Waals surface area (Å²) in [5.41, 5.74) is 1.45. The van der Waals surface area contributed by atoms with E-state index in [0.29, 0.717) is 22.9 Å². The standard InChI is InChI=1S/C25H21N3O4S/c1-31-19-11-9-17(10-12-19)14-22-24(30)28(18-6-3-2-4-7-18)25(33-22)21(15-26)23(29)27-16-20-8-5-13-32-20/h2-13,22H,14,16H2,1H3,(H,27,29). The van der Waals surface area contributed by atoms with Crippen LogP contribution < -0.4 is 15.0 Å². The fraction of sp³-hybridized carbons (Fsp3) is 0.160. The predicted molar refractivity (Wildman–Crippen MR) is 125 cm³/mol. The highest BCUT2D eigenvalue weighted by Gasteiger charge is 2.40. The summed E-state index contributed by atoms with van der Waals surface area (Å²) in [7, 11) is 1.60. The van der Waals surface area contributed by atoms with Crippen LogP contribution in [0, 0.1) is 11.3 Å². The van der Waals surface area contributed by atoms with Gasteiger partial charge < -0.3 is 14.5 Å². The molecular formula is C25H21N3O4S. The first-order valence-electron chi connectivity index (χ1n) is 10.2. The Bertz CT molecular complexity index is 1200. The molecule has 166 valence electrons. The van der Waals surface area contributed by atoms with Gasteiger partial charge in [-0.2, -0.15) is 5.26 Å². The highest BCUT2D eigenvalue weighted by Crippen LogP contribution is 2.41. The number of rotatable bonds is 7. The van der Waals surface area contributed by atoms with Gasteiger partial charge >= 0.3 is 0 Å². The minimum absolute atomic E-state index is 0.110. The van der Waals surface area contributed by atoms with Gasteiger partial charge in [0.15, 0.2) is 0 Å². The molecule has 0 bridgehead atoms. The van der Waals surface area contributed by atoms with E-state index in [1.807, 2.05) is 48.5 Å². The first kappa shape index (κ1) is 22.2. The number of ether oxygens (including phenoxy) is 1. The Hall–Kier alpha value is -3.96. The zero-order valence-corrected chi connectivity index (χ0v) is 18.7. The summed E-state index contributed by atoms with van der Waals surface area (Å²) in [4.78, 5) is 27.8. The molecule has 1 aromatic heterocycles. The van der Waals surface area contributed by atoms with Crippen molar-refractivity contribution in [3.05, 3.63) is 94.9 Å². The number of furan rings is 1. The van der Waals surface area contributed by atoms with Crippen LogP contribution in [0.25, 0.3) is 0 Å². The molecule has 0 aliphatic carbocycles. The van der Waals surface area contributed by atoms with Crippen molar-refractivity contribution in [1.82, 2.24) is 5.32 Å². The van der Waals surface area contributed by atoms with Gasteiger partial charge in [0.2, 0.25) is 5.91 Å². The van der Waals surface area contributed by atoms with E-state index in [1.54, 1.807) is 31.4 Å². The smallest absolute Gasteiger partial charge is 0.265 e. The molecule has 2 aromatic carbocycles. The van der Waals surface area contributed by atoms with E-state index < -0.39 is 11.2 Å². The van der Waals surface area contributed by atoms with Crippen molar-refractivity contribution in [3.8, 4) is 11.8 Å². The summed E-state index contributed by atoms with van der Waals surface area (Å²) >= 11 is 1.23. The van der Waals surface area contributed by atoms with Crippen LogP contribution >= 0.6 is 11.8 Å². The van der Waals surface area contributed by atoms with Crippen LogP contribution in [0.2, 0.25) is 0 Å². The topological polar surface area (TPSA) is 95.6 Å². The second-order valence-corrected chi connectivity index (χ2v) is 8.41. The van der Waals surface area contributed by atoms with E-state index in [1.165, 1.54) is 22.9 Å². The second-order valence-electron chi connectivity index (χ2n) is 7.22. The number of nitrogens with one attached hydrogen (secondary N) is 1. The number of anilines is 1. The second kappa shape index (κ2) is 10.1. The third kappa shape index (κ3) is 4.94. The zero-order chi connectivity index (χ0) is 23.2. The number of hydrogen-bond acceptors (Lipinski definition) is 6. The number of benzene rings is 2. The minimum atomic E-state index is -0.560. The van der Waals surface area contributed by atoms with Gasteiger partial charge in [-0.05, 0) is 48.4 Å². The number of nitrogens with zero attached hydrogens (tertiary/aromatic N) is 2. The van der Waals surface area contributed by atoms with Crippen molar-refractivity contribution in [2.75, 3.05) is 12.0 Å². The van der Waals surface area contributed by atoms with Crippen LogP contribution in [0.4, 0.5) is 5.69 Å². The van der Waals surface area contributed by atoms with Crippen molar-refractivity contribution in [3.63, 3.8) is 0 Å². The molecule has 2 heterocycles. The number of carbonyl (C=O) groups excluding carboxylic acids is 2. The Labute approximate surface area is 195 Å². The zero-order valence-electron chi connectivity index (χ0n) is 17.9. The van der Waals surface area contributed by atoms with E-state index in [0.717, 1.165) is 11.3 Å². The van der Waals surface area contributed by atoms with Crippen LogP contribution in [0.5, 0.6) is 5.75 Å². The highest BCUT2D eigenvalue weighted by atomic mass is 32.2. The van der Waals surface area contributed by atoms with Crippen LogP contribution in [0.15, 0.2) is 88.0 Å². The quantitative estimate of drug-likeness (QED) is 0.423. The fourth-order valence-corrected chi connectivity index (χ4v) is 4.75. The molecule has 0 spiro atoms. The third-order valence-electron chi connectivity index (χ3n) is 5.10.